The van der Waals surface area contributed by atoms with Crippen LogP contribution in [0.4, 0.5) is 0 Å². The van der Waals surface area contributed by atoms with Gasteiger partial charge in [-0.3, -0.25) is 0 Å². The number of aliphatic hydroxyl groups excluding tert-OH is 1. The van der Waals surface area contributed by atoms with Crippen molar-refractivity contribution in [3.8, 4) is 5.75 Å². The van der Waals surface area contributed by atoms with E-state index in [1.807, 2.05) is 32.0 Å². The molecule has 2 aromatic rings. The van der Waals surface area contributed by atoms with Crippen LogP contribution in [0.15, 0.2) is 48.5 Å². The summed E-state index contributed by atoms with van der Waals surface area (Å²) >= 11 is 0. The van der Waals surface area contributed by atoms with Crippen LogP contribution in [0.5, 0.6) is 5.75 Å². The number of benzene rings is 2. The number of rotatable bonds is 7. The van der Waals surface area contributed by atoms with Crippen LogP contribution in [-0.2, 0) is 6.42 Å². The number of aliphatic hydroxyl groups is 1. The lowest BCUT2D eigenvalue weighted by molar-refractivity contribution is -0.723. The summed E-state index contributed by atoms with van der Waals surface area (Å²) in [5, 5.41) is 22.5. The summed E-state index contributed by atoms with van der Waals surface area (Å²) in [7, 11) is 0. The van der Waals surface area contributed by atoms with Crippen LogP contribution in [-0.4, -0.2) is 22.3 Å². The Bertz CT molecular complexity index is 618. The highest BCUT2D eigenvalue weighted by Crippen LogP contribution is 2.23. The lowest BCUT2D eigenvalue weighted by Crippen LogP contribution is -3.00. The van der Waals surface area contributed by atoms with Crippen molar-refractivity contribution in [3.05, 3.63) is 65.2 Å². The minimum absolute atomic E-state index is 0. The molecule has 132 valence electrons. The zero-order valence-electron chi connectivity index (χ0n) is 14.6. The summed E-state index contributed by atoms with van der Waals surface area (Å²) in [6.07, 6.45) is 1.54. The van der Waals surface area contributed by atoms with E-state index in [2.05, 4.69) is 36.5 Å². The van der Waals surface area contributed by atoms with E-state index in [1.54, 1.807) is 6.07 Å². The molecule has 4 N–H and O–H groups in total. The molecule has 4 heteroatoms. The second kappa shape index (κ2) is 9.67. The Hall–Kier alpha value is -1.55. The first-order chi connectivity index (χ1) is 11.0. The summed E-state index contributed by atoms with van der Waals surface area (Å²) < 4.78 is 0. The Morgan fingerprint density at radius 3 is 2.33 bits per heavy atom. The van der Waals surface area contributed by atoms with Crippen molar-refractivity contribution in [2.45, 2.75) is 51.8 Å². The molecule has 3 atom stereocenters. The second-order valence-corrected chi connectivity index (χ2v) is 6.54. The van der Waals surface area contributed by atoms with Gasteiger partial charge in [0, 0.05) is 6.42 Å². The zero-order valence-corrected chi connectivity index (χ0v) is 15.4. The van der Waals surface area contributed by atoms with Crippen molar-refractivity contribution in [1.29, 1.82) is 0 Å². The van der Waals surface area contributed by atoms with E-state index in [4.69, 9.17) is 0 Å². The molecule has 0 aliphatic rings. The highest BCUT2D eigenvalue weighted by atomic mass is 35.5. The van der Waals surface area contributed by atoms with Crippen molar-refractivity contribution in [3.63, 3.8) is 0 Å². The molecular weight excluding hydrogens is 322 g/mol. The predicted octanol–water partition coefficient (Wildman–Crippen LogP) is -0.289. The van der Waals surface area contributed by atoms with Crippen LogP contribution < -0.4 is 17.7 Å². The van der Waals surface area contributed by atoms with Crippen molar-refractivity contribution >= 4 is 0 Å². The Kier molecular flexibility index (Phi) is 8.26. The van der Waals surface area contributed by atoms with Gasteiger partial charge in [0.2, 0.25) is 0 Å². The van der Waals surface area contributed by atoms with E-state index in [0.29, 0.717) is 6.04 Å². The van der Waals surface area contributed by atoms with Crippen LogP contribution in [0, 0.1) is 6.92 Å². The van der Waals surface area contributed by atoms with Crippen molar-refractivity contribution in [1.82, 2.24) is 0 Å². The van der Waals surface area contributed by atoms with Crippen LogP contribution in [0.2, 0.25) is 0 Å². The molecule has 0 aliphatic carbocycles. The highest BCUT2D eigenvalue weighted by molar-refractivity contribution is 5.36. The van der Waals surface area contributed by atoms with Crippen molar-refractivity contribution in [2.24, 2.45) is 0 Å². The monoisotopic (exact) mass is 349 g/mol. The third-order valence-corrected chi connectivity index (χ3v) is 4.44. The third kappa shape index (κ3) is 5.82. The number of aryl methyl sites for hydroxylation is 2. The van der Waals surface area contributed by atoms with E-state index in [9.17, 15) is 10.2 Å². The number of aromatic hydroxyl groups is 1. The van der Waals surface area contributed by atoms with Gasteiger partial charge in [-0.05, 0) is 49.9 Å². The van der Waals surface area contributed by atoms with Gasteiger partial charge >= 0.3 is 0 Å². The molecule has 3 nitrogen and oxygen atoms in total. The lowest BCUT2D eigenvalue weighted by atomic mass is 10.00. The van der Waals surface area contributed by atoms with E-state index < -0.39 is 6.10 Å². The first kappa shape index (κ1) is 20.5. The zero-order chi connectivity index (χ0) is 16.8. The minimum Gasteiger partial charge on any atom is -1.00 e. The molecule has 0 aliphatic heterocycles. The van der Waals surface area contributed by atoms with E-state index >= 15 is 0 Å². The maximum atomic E-state index is 10.5. The molecule has 0 aromatic heterocycles. The molecule has 0 spiro atoms. The molecule has 24 heavy (non-hydrogen) atoms. The fourth-order valence-electron chi connectivity index (χ4n) is 2.87. The Morgan fingerprint density at radius 1 is 1.04 bits per heavy atom. The summed E-state index contributed by atoms with van der Waals surface area (Å²) in [4.78, 5) is 0. The van der Waals surface area contributed by atoms with Crippen LogP contribution in [0.25, 0.3) is 0 Å². The first-order valence-electron chi connectivity index (χ1n) is 8.34. The summed E-state index contributed by atoms with van der Waals surface area (Å²) in [6, 6.07) is 16.4. The summed E-state index contributed by atoms with van der Waals surface area (Å²) in [5.41, 5.74) is 2.95. The number of quaternary nitrogens is 1. The van der Waals surface area contributed by atoms with E-state index in [-0.39, 0.29) is 24.2 Å². The topological polar surface area (TPSA) is 57.1 Å². The predicted molar refractivity (Wildman–Crippen MR) is 93.4 cm³/mol. The molecule has 0 bridgehead atoms. The Morgan fingerprint density at radius 2 is 1.71 bits per heavy atom. The highest BCUT2D eigenvalue weighted by Gasteiger charge is 2.22. The largest absolute Gasteiger partial charge is 1.00 e. The van der Waals surface area contributed by atoms with Gasteiger partial charge in [-0.1, -0.05) is 42.5 Å². The number of phenolic OH excluding ortho intramolecular Hbond substituents is 1. The standard InChI is InChI=1S/C20H27NO2.ClH/c1-14-9-12-18(13-19(14)22)20(23)16(3)21-15(2)10-11-17-7-5-4-6-8-17;/h4-9,12-13,15-16,20-23H,10-11H2,1-3H3;1H. The fourth-order valence-corrected chi connectivity index (χ4v) is 2.87. The lowest BCUT2D eigenvalue weighted by Gasteiger charge is -2.22. The number of halogens is 1. The first-order valence-corrected chi connectivity index (χ1v) is 8.34. The molecule has 2 aromatic carbocycles. The minimum atomic E-state index is -0.583. The molecule has 3 unspecified atom stereocenters. The van der Waals surface area contributed by atoms with Gasteiger partial charge in [0.25, 0.3) is 0 Å². The van der Waals surface area contributed by atoms with Crippen LogP contribution in [0.3, 0.4) is 0 Å². The van der Waals surface area contributed by atoms with Gasteiger partial charge in [-0.25, -0.2) is 0 Å². The van der Waals surface area contributed by atoms with Gasteiger partial charge in [-0.2, -0.15) is 0 Å². The fraction of sp³-hybridized carbons (Fsp3) is 0.400. The molecular formula is C20H28ClNO2. The van der Waals surface area contributed by atoms with Gasteiger partial charge in [0.15, 0.2) is 0 Å². The molecule has 0 fully saturated rings. The summed E-state index contributed by atoms with van der Waals surface area (Å²) in [6.45, 7) is 6.08. The van der Waals surface area contributed by atoms with Crippen LogP contribution in [0.1, 0.15) is 43.1 Å². The Balaban J connectivity index is 0.00000288. The molecule has 0 heterocycles. The summed E-state index contributed by atoms with van der Waals surface area (Å²) in [5.74, 6) is 0.242. The SMILES string of the molecule is Cc1ccc(C(O)C(C)[NH2+]C(C)CCc2ccccc2)cc1O.[Cl-]. The molecule has 0 saturated carbocycles. The van der Waals surface area contributed by atoms with Gasteiger partial charge < -0.3 is 27.9 Å². The van der Waals surface area contributed by atoms with E-state index in [0.717, 1.165) is 24.0 Å². The average molecular weight is 350 g/mol. The van der Waals surface area contributed by atoms with Crippen LogP contribution >= 0.6 is 0 Å². The number of hydrogen-bond acceptors (Lipinski definition) is 2. The maximum Gasteiger partial charge on any atom is 0.130 e. The van der Waals surface area contributed by atoms with Crippen molar-refractivity contribution in [2.75, 3.05) is 0 Å². The molecule has 2 rings (SSSR count). The smallest absolute Gasteiger partial charge is 0.130 e. The Labute approximate surface area is 151 Å². The number of nitrogens with two attached hydrogens (primary N) is 1. The van der Waals surface area contributed by atoms with Gasteiger partial charge in [0.05, 0.1) is 6.04 Å². The quantitative estimate of drug-likeness (QED) is 0.643. The second-order valence-electron chi connectivity index (χ2n) is 6.54. The number of phenols is 1. The van der Waals surface area contributed by atoms with Gasteiger partial charge in [-0.15, -0.1) is 0 Å². The van der Waals surface area contributed by atoms with E-state index in [1.165, 1.54) is 5.56 Å². The normalized spacial score (nSPS) is 14.5. The maximum absolute atomic E-state index is 10.5. The molecule has 0 radical (unpaired) electrons. The van der Waals surface area contributed by atoms with Crippen molar-refractivity contribution < 1.29 is 27.9 Å². The average Bonchev–Trinajstić information content (AvgIpc) is 2.55. The third-order valence-electron chi connectivity index (χ3n) is 4.44. The molecule has 0 amide bonds. The molecule has 0 saturated heterocycles. The number of hydrogen-bond donors (Lipinski definition) is 3. The van der Waals surface area contributed by atoms with Gasteiger partial charge in [0.1, 0.15) is 17.9 Å².